The topological polar surface area (TPSA) is 64.7 Å². The molecule has 2 heterocycles. The Hall–Kier alpha value is -8.28. The Bertz CT molecular complexity index is 3640. The van der Waals surface area contributed by atoms with Gasteiger partial charge < -0.3 is 4.42 Å². The number of nitrogens with zero attached hydrogens (tertiary/aromatic N) is 4. The molecular weight excluding hydrogens is 745 g/mol. The smallest absolute Gasteiger partial charge is 0.227 e. The lowest BCUT2D eigenvalue weighted by Gasteiger charge is -2.13. The maximum atomic E-state index is 6.62. The lowest BCUT2D eigenvalue weighted by molar-refractivity contribution is 0.623. The lowest BCUT2D eigenvalue weighted by Crippen LogP contribution is -2.00. The second-order valence-corrected chi connectivity index (χ2v) is 15.4. The molecule has 10 aromatic carbocycles. The first-order chi connectivity index (χ1) is 30.2. The zero-order valence-electron chi connectivity index (χ0n) is 32.8. The molecule has 0 bridgehead atoms. The average molecular weight is 779 g/mol. The van der Waals surface area contributed by atoms with Crippen molar-refractivity contribution in [3.8, 4) is 67.9 Å². The highest BCUT2D eigenvalue weighted by Crippen LogP contribution is 2.41. The molecule has 0 atom stereocenters. The molecule has 0 fully saturated rings. The van der Waals surface area contributed by atoms with Gasteiger partial charge in [0.25, 0.3) is 0 Å². The number of benzene rings is 10. The van der Waals surface area contributed by atoms with Crippen molar-refractivity contribution in [2.45, 2.75) is 0 Å². The van der Waals surface area contributed by atoms with Gasteiger partial charge in [-0.1, -0.05) is 176 Å². The van der Waals surface area contributed by atoms with E-state index in [4.69, 9.17) is 24.4 Å². The molecule has 0 amide bonds. The molecule has 0 N–H and O–H groups in total. The third kappa shape index (κ3) is 6.10. The third-order valence-electron chi connectivity index (χ3n) is 11.7. The standard InChI is InChI=1S/C56H34N4O/c1-3-11-35(12-4-1)43-17-9-18-44(33-43)37-21-26-40(27-22-37)53-58-54(45-28-23-36-13-7-8-16-42(36)34-45)60-55(59-53)48-20-10-19-47-46(48)31-29-38-24-25-39-30-32-49-52(51(39)50(38)47)61-56(57-49)41-14-5-2-6-15-41/h1-34H. The van der Waals surface area contributed by atoms with Crippen LogP contribution in [0.15, 0.2) is 211 Å². The van der Waals surface area contributed by atoms with Crippen LogP contribution < -0.4 is 0 Å². The molecule has 61 heavy (non-hydrogen) atoms. The molecule has 12 rings (SSSR count). The van der Waals surface area contributed by atoms with Crippen LogP contribution >= 0.6 is 0 Å². The van der Waals surface area contributed by atoms with Gasteiger partial charge in [0, 0.05) is 33.0 Å². The number of oxazole rings is 1. The largest absolute Gasteiger partial charge is 0.435 e. The van der Waals surface area contributed by atoms with E-state index in [1.54, 1.807) is 0 Å². The average Bonchev–Trinajstić information content (AvgIpc) is 3.79. The van der Waals surface area contributed by atoms with Crippen LogP contribution in [0.3, 0.4) is 0 Å². The quantitative estimate of drug-likeness (QED) is 0.157. The van der Waals surface area contributed by atoms with Gasteiger partial charge in [-0.3, -0.25) is 0 Å². The molecule has 0 spiro atoms. The summed E-state index contributed by atoms with van der Waals surface area (Å²) in [7, 11) is 0. The first-order valence-electron chi connectivity index (χ1n) is 20.5. The van der Waals surface area contributed by atoms with E-state index >= 15 is 0 Å². The van der Waals surface area contributed by atoms with Gasteiger partial charge in [0.05, 0.1) is 0 Å². The molecule has 0 aliphatic rings. The Balaban J connectivity index is 1.03. The van der Waals surface area contributed by atoms with Crippen LogP contribution in [0, 0.1) is 0 Å². The van der Waals surface area contributed by atoms with Crippen LogP contribution in [0.5, 0.6) is 0 Å². The Morgan fingerprint density at radius 2 is 0.852 bits per heavy atom. The summed E-state index contributed by atoms with van der Waals surface area (Å²) in [5, 5.41) is 8.76. The Morgan fingerprint density at radius 3 is 1.64 bits per heavy atom. The molecule has 0 saturated heterocycles. The predicted octanol–water partition coefficient (Wildman–Crippen LogP) is 14.6. The van der Waals surface area contributed by atoms with Gasteiger partial charge in [0.2, 0.25) is 5.89 Å². The number of aromatic nitrogens is 4. The van der Waals surface area contributed by atoms with Crippen LogP contribution in [-0.2, 0) is 0 Å². The van der Waals surface area contributed by atoms with Crippen molar-refractivity contribution in [2.75, 3.05) is 0 Å². The summed E-state index contributed by atoms with van der Waals surface area (Å²) in [5.74, 6) is 2.44. The van der Waals surface area contributed by atoms with Crippen LogP contribution in [0.1, 0.15) is 0 Å². The number of hydrogen-bond donors (Lipinski definition) is 0. The lowest BCUT2D eigenvalue weighted by atomic mass is 9.93. The van der Waals surface area contributed by atoms with Crippen molar-refractivity contribution in [2.24, 2.45) is 0 Å². The molecule has 5 heteroatoms. The molecule has 2 aromatic heterocycles. The third-order valence-corrected chi connectivity index (χ3v) is 11.7. The molecule has 0 saturated carbocycles. The van der Waals surface area contributed by atoms with E-state index in [-0.39, 0.29) is 0 Å². The van der Waals surface area contributed by atoms with Gasteiger partial charge >= 0.3 is 0 Å². The second-order valence-electron chi connectivity index (χ2n) is 15.4. The van der Waals surface area contributed by atoms with E-state index in [9.17, 15) is 0 Å². The van der Waals surface area contributed by atoms with Gasteiger partial charge in [0.1, 0.15) is 5.52 Å². The summed E-state index contributed by atoms with van der Waals surface area (Å²) in [4.78, 5) is 20.6. The molecule has 12 aromatic rings. The van der Waals surface area contributed by atoms with E-state index in [2.05, 4.69) is 164 Å². The number of fused-ring (bicyclic) bond motifs is 8. The van der Waals surface area contributed by atoms with Gasteiger partial charge in [-0.2, -0.15) is 0 Å². The normalized spacial score (nSPS) is 11.6. The first-order valence-corrected chi connectivity index (χ1v) is 20.5. The number of rotatable bonds is 6. The Labute approximate surface area is 351 Å². The van der Waals surface area contributed by atoms with Crippen molar-refractivity contribution < 1.29 is 4.42 Å². The molecule has 284 valence electrons. The van der Waals surface area contributed by atoms with E-state index in [0.29, 0.717) is 23.4 Å². The van der Waals surface area contributed by atoms with Crippen molar-refractivity contribution in [3.05, 3.63) is 206 Å². The molecule has 0 aliphatic carbocycles. The maximum absolute atomic E-state index is 6.62. The second kappa shape index (κ2) is 14.2. The summed E-state index contributed by atoms with van der Waals surface area (Å²) in [6, 6.07) is 71.8. The van der Waals surface area contributed by atoms with Gasteiger partial charge in [-0.15, -0.1) is 0 Å². The van der Waals surface area contributed by atoms with Crippen molar-refractivity contribution >= 4 is 54.2 Å². The summed E-state index contributed by atoms with van der Waals surface area (Å²) in [6.07, 6.45) is 0. The maximum Gasteiger partial charge on any atom is 0.227 e. The minimum atomic E-state index is 0.605. The highest BCUT2D eigenvalue weighted by molar-refractivity contribution is 6.27. The highest BCUT2D eigenvalue weighted by Gasteiger charge is 2.19. The van der Waals surface area contributed by atoms with E-state index in [1.165, 1.54) is 11.1 Å². The summed E-state index contributed by atoms with van der Waals surface area (Å²) < 4.78 is 6.62. The van der Waals surface area contributed by atoms with Crippen molar-refractivity contribution in [1.29, 1.82) is 0 Å². The van der Waals surface area contributed by atoms with E-state index < -0.39 is 0 Å². The molecule has 5 nitrogen and oxygen atoms in total. The number of hydrogen-bond acceptors (Lipinski definition) is 5. The molecule has 0 radical (unpaired) electrons. The zero-order chi connectivity index (χ0) is 40.3. The first kappa shape index (κ1) is 34.7. The van der Waals surface area contributed by atoms with Gasteiger partial charge in [-0.05, 0) is 84.9 Å². The van der Waals surface area contributed by atoms with Crippen molar-refractivity contribution in [3.63, 3.8) is 0 Å². The fraction of sp³-hybridized carbons (Fsp3) is 0. The monoisotopic (exact) mass is 778 g/mol. The Kier molecular flexibility index (Phi) is 8.10. The van der Waals surface area contributed by atoms with Gasteiger partial charge in [0.15, 0.2) is 23.1 Å². The fourth-order valence-corrected chi connectivity index (χ4v) is 8.68. The molecule has 0 aliphatic heterocycles. The van der Waals surface area contributed by atoms with Crippen LogP contribution in [-0.4, -0.2) is 19.9 Å². The van der Waals surface area contributed by atoms with E-state index in [1.807, 2.05) is 42.5 Å². The van der Waals surface area contributed by atoms with E-state index in [0.717, 1.165) is 87.6 Å². The Morgan fingerprint density at radius 1 is 0.295 bits per heavy atom. The van der Waals surface area contributed by atoms with Crippen molar-refractivity contribution in [1.82, 2.24) is 19.9 Å². The zero-order valence-corrected chi connectivity index (χ0v) is 32.8. The fourth-order valence-electron chi connectivity index (χ4n) is 8.68. The molecule has 0 unspecified atom stereocenters. The van der Waals surface area contributed by atoms with Crippen LogP contribution in [0.4, 0.5) is 0 Å². The van der Waals surface area contributed by atoms with Gasteiger partial charge in [-0.25, -0.2) is 19.9 Å². The summed E-state index contributed by atoms with van der Waals surface area (Å²) >= 11 is 0. The highest BCUT2D eigenvalue weighted by atomic mass is 16.3. The van der Waals surface area contributed by atoms with Crippen LogP contribution in [0.2, 0.25) is 0 Å². The summed E-state index contributed by atoms with van der Waals surface area (Å²) in [6.45, 7) is 0. The SMILES string of the molecule is c1ccc(-c2cccc(-c3ccc(-c4nc(-c5ccc6ccccc6c5)nc(-c5cccc6c5ccc5ccc7ccc8nc(-c9ccccc9)oc8c7c56)n4)cc3)c2)cc1. The predicted molar refractivity (Wildman–Crippen MR) is 250 cm³/mol. The minimum Gasteiger partial charge on any atom is -0.435 e. The molecular formula is C56H34N4O. The van der Waals surface area contributed by atoms with Crippen LogP contribution in [0.25, 0.3) is 122 Å². The minimum absolute atomic E-state index is 0.605. The summed E-state index contributed by atoms with van der Waals surface area (Å²) in [5.41, 5.74) is 9.94.